The third-order valence-electron chi connectivity index (χ3n) is 3.32. The highest BCUT2D eigenvalue weighted by molar-refractivity contribution is 6.31. The van der Waals surface area contributed by atoms with E-state index in [0.29, 0.717) is 5.69 Å². The van der Waals surface area contributed by atoms with E-state index in [-0.39, 0.29) is 40.8 Å². The van der Waals surface area contributed by atoms with E-state index in [9.17, 15) is 22.8 Å². The summed E-state index contributed by atoms with van der Waals surface area (Å²) in [5.41, 5.74) is 0.746. The van der Waals surface area contributed by atoms with Crippen LogP contribution in [0.25, 0.3) is 0 Å². The number of anilines is 1. The summed E-state index contributed by atoms with van der Waals surface area (Å²) in [4.78, 5) is 12.5. The van der Waals surface area contributed by atoms with Crippen LogP contribution in [0.2, 0.25) is 5.02 Å². The van der Waals surface area contributed by atoms with Gasteiger partial charge in [0.2, 0.25) is 18.0 Å². The molecule has 0 bridgehead atoms. The van der Waals surface area contributed by atoms with Crippen LogP contribution >= 0.6 is 11.6 Å². The fourth-order valence-corrected chi connectivity index (χ4v) is 2.14. The highest BCUT2D eigenvalue weighted by Crippen LogP contribution is 2.20. The molecule has 0 aliphatic heterocycles. The number of aliphatic carboxylic acids is 1. The maximum absolute atomic E-state index is 13.3. The number of guanidine groups is 1. The molecular formula is C17H17ClF4N8O4. The average Bonchev–Trinajstić information content (AvgIpc) is 3.20. The minimum Gasteiger partial charge on any atom is -0.475 e. The maximum atomic E-state index is 13.3. The van der Waals surface area contributed by atoms with Crippen molar-refractivity contribution >= 4 is 35.1 Å². The van der Waals surface area contributed by atoms with Gasteiger partial charge in [-0.05, 0) is 37.2 Å². The Labute approximate surface area is 193 Å². The summed E-state index contributed by atoms with van der Waals surface area (Å²) in [5.74, 6) is -3.19. The number of carbonyl (C=O) groups is 1. The molecule has 34 heavy (non-hydrogen) atoms. The van der Waals surface area contributed by atoms with Gasteiger partial charge in [0, 0.05) is 11.7 Å². The van der Waals surface area contributed by atoms with Gasteiger partial charge in [0.25, 0.3) is 0 Å². The van der Waals surface area contributed by atoms with E-state index in [1.165, 1.54) is 12.1 Å². The Balaban J connectivity index is 0.000000718. The van der Waals surface area contributed by atoms with Gasteiger partial charge >= 0.3 is 12.1 Å². The van der Waals surface area contributed by atoms with Crippen LogP contribution in [0.4, 0.5) is 23.2 Å². The molecule has 184 valence electrons. The molecule has 0 aliphatic carbocycles. The van der Waals surface area contributed by atoms with Crippen LogP contribution in [-0.2, 0) is 11.3 Å². The lowest BCUT2D eigenvalue weighted by Gasteiger charge is -2.13. The van der Waals surface area contributed by atoms with E-state index >= 15 is 0 Å². The van der Waals surface area contributed by atoms with Crippen LogP contribution in [0.1, 0.15) is 25.2 Å². The first kappa shape index (κ1) is 27.9. The molecule has 1 heterocycles. The highest BCUT2D eigenvalue weighted by atomic mass is 35.5. The summed E-state index contributed by atoms with van der Waals surface area (Å²) in [6, 6.07) is 3.92. The number of rotatable bonds is 5. The van der Waals surface area contributed by atoms with E-state index in [1.54, 1.807) is 6.19 Å². The molecular weight excluding hydrogens is 492 g/mol. The first-order chi connectivity index (χ1) is 15.9. The lowest BCUT2D eigenvalue weighted by Crippen LogP contribution is -2.40. The lowest BCUT2D eigenvalue weighted by atomic mass is 10.2. The van der Waals surface area contributed by atoms with E-state index in [1.807, 2.05) is 13.8 Å². The number of carboxylic acid groups (broad SMARTS) is 1. The number of hydrogen-bond donors (Lipinski definition) is 5. The number of oxime groups is 1. The third kappa shape index (κ3) is 9.16. The van der Waals surface area contributed by atoms with E-state index in [4.69, 9.17) is 31.4 Å². The Hall–Kier alpha value is -4.13. The van der Waals surface area contributed by atoms with Crippen molar-refractivity contribution < 1.29 is 37.3 Å². The van der Waals surface area contributed by atoms with Crippen LogP contribution in [0, 0.1) is 17.3 Å². The number of aliphatic imine (C=N–C) groups is 1. The van der Waals surface area contributed by atoms with Gasteiger partial charge in [0.1, 0.15) is 11.5 Å². The quantitative estimate of drug-likeness (QED) is 0.100. The van der Waals surface area contributed by atoms with Crippen molar-refractivity contribution in [3.05, 3.63) is 40.4 Å². The third-order valence-corrected chi connectivity index (χ3v) is 3.61. The highest BCUT2D eigenvalue weighted by Gasteiger charge is 2.38. The van der Waals surface area contributed by atoms with Crippen LogP contribution in [0.5, 0.6) is 0 Å². The van der Waals surface area contributed by atoms with Crippen LogP contribution in [0.15, 0.2) is 33.0 Å². The summed E-state index contributed by atoms with van der Waals surface area (Å²) in [6.07, 6.45) is -3.40. The second-order valence-electron chi connectivity index (χ2n) is 6.28. The normalized spacial score (nSPS) is 11.9. The fourth-order valence-electron chi connectivity index (χ4n) is 1.96. The minimum absolute atomic E-state index is 0.0407. The zero-order chi connectivity index (χ0) is 25.9. The number of nitriles is 1. The summed E-state index contributed by atoms with van der Waals surface area (Å²) < 4.78 is 49.7. The van der Waals surface area contributed by atoms with E-state index in [0.717, 1.165) is 6.07 Å². The molecule has 0 spiro atoms. The number of carboxylic acids is 1. The summed E-state index contributed by atoms with van der Waals surface area (Å²) in [5, 5.41) is 44.2. The molecule has 2 aromatic rings. The molecule has 0 saturated heterocycles. The minimum atomic E-state index is -5.08. The van der Waals surface area contributed by atoms with Gasteiger partial charge in [-0.15, -0.1) is 4.99 Å². The van der Waals surface area contributed by atoms with Gasteiger partial charge in [-0.1, -0.05) is 21.9 Å². The zero-order valence-electron chi connectivity index (χ0n) is 17.4. The Morgan fingerprint density at radius 2 is 2.00 bits per heavy atom. The standard InChI is InChI=1S/C15H16ClFN8O2.C2HF3O2/c1-8(2)21-15(20-7-18)19-6-12-13(25-27-24-12)14(23-26)22-9-3-4-11(17)10(16)5-9;3-2(4,5)1(6)7/h3-5,8,26H,6H2,1-2H3,(H,22,23)(H2,19,20,21);(H,6,7). The molecule has 0 amide bonds. The number of aromatic nitrogens is 2. The molecule has 1 aromatic heterocycles. The van der Waals surface area contributed by atoms with Crippen molar-refractivity contribution in [1.82, 2.24) is 20.9 Å². The number of nitrogens with zero attached hydrogens (tertiary/aromatic N) is 5. The molecule has 0 fully saturated rings. The van der Waals surface area contributed by atoms with Crippen molar-refractivity contribution in [1.29, 1.82) is 5.26 Å². The lowest BCUT2D eigenvalue weighted by molar-refractivity contribution is -0.192. The van der Waals surface area contributed by atoms with Crippen molar-refractivity contribution in [2.24, 2.45) is 10.1 Å². The zero-order valence-corrected chi connectivity index (χ0v) is 18.1. The molecule has 0 unspecified atom stereocenters. The topological polar surface area (TPSA) is 181 Å². The first-order valence-electron chi connectivity index (χ1n) is 8.92. The number of alkyl halides is 3. The SMILES string of the molecule is CC(C)N/C(=N\C#N)NCc1nonc1/C(=N/O)Nc1ccc(F)c(Cl)c1.O=C(O)C(F)(F)F. The maximum Gasteiger partial charge on any atom is 0.490 e. The molecule has 0 atom stereocenters. The van der Waals surface area contributed by atoms with Gasteiger partial charge in [-0.25, -0.2) is 13.8 Å². The van der Waals surface area contributed by atoms with E-state index < -0.39 is 18.0 Å². The molecule has 2 rings (SSSR count). The van der Waals surface area contributed by atoms with E-state index in [2.05, 4.69) is 36.4 Å². The molecule has 0 radical (unpaired) electrons. The fraction of sp³-hybridized carbons (Fsp3) is 0.294. The predicted octanol–water partition coefficient (Wildman–Crippen LogP) is 2.67. The van der Waals surface area contributed by atoms with Gasteiger partial charge in [-0.2, -0.15) is 18.4 Å². The Morgan fingerprint density at radius 3 is 2.50 bits per heavy atom. The molecule has 1 aromatic carbocycles. The van der Waals surface area contributed by atoms with Gasteiger partial charge in [0.05, 0.1) is 11.6 Å². The number of hydrogen-bond acceptors (Lipinski definition) is 8. The predicted molar refractivity (Wildman–Crippen MR) is 110 cm³/mol. The molecule has 0 saturated carbocycles. The number of halogens is 5. The molecule has 0 aliphatic rings. The molecule has 5 N–H and O–H groups in total. The monoisotopic (exact) mass is 508 g/mol. The van der Waals surface area contributed by atoms with Crippen molar-refractivity contribution in [2.45, 2.75) is 32.6 Å². The first-order valence-corrected chi connectivity index (χ1v) is 9.30. The van der Waals surface area contributed by atoms with Gasteiger partial charge in [-0.3, -0.25) is 0 Å². The second kappa shape index (κ2) is 12.8. The molecule has 17 heteroatoms. The summed E-state index contributed by atoms with van der Waals surface area (Å²) in [6.45, 7) is 3.84. The van der Waals surface area contributed by atoms with Crippen molar-refractivity contribution in [3.63, 3.8) is 0 Å². The smallest absolute Gasteiger partial charge is 0.475 e. The average molecular weight is 509 g/mol. The summed E-state index contributed by atoms with van der Waals surface area (Å²) in [7, 11) is 0. The van der Waals surface area contributed by atoms with Crippen LogP contribution in [-0.4, -0.2) is 50.6 Å². The number of nitrogens with one attached hydrogen (secondary N) is 3. The second-order valence-corrected chi connectivity index (χ2v) is 6.69. The van der Waals surface area contributed by atoms with Gasteiger partial charge < -0.3 is 26.3 Å². The molecule has 12 nitrogen and oxygen atoms in total. The summed E-state index contributed by atoms with van der Waals surface area (Å²) >= 11 is 5.73. The van der Waals surface area contributed by atoms with Gasteiger partial charge in [0.15, 0.2) is 5.69 Å². The van der Waals surface area contributed by atoms with Crippen LogP contribution in [0.3, 0.4) is 0 Å². The number of benzene rings is 1. The van der Waals surface area contributed by atoms with Crippen molar-refractivity contribution in [3.8, 4) is 6.19 Å². The Morgan fingerprint density at radius 1 is 1.35 bits per heavy atom. The Bertz CT molecular complexity index is 1080. The van der Waals surface area contributed by atoms with Crippen molar-refractivity contribution in [2.75, 3.05) is 5.32 Å². The largest absolute Gasteiger partial charge is 0.490 e. The Kier molecular flexibility index (Phi) is 10.5. The number of amidine groups is 1. The van der Waals surface area contributed by atoms with Crippen LogP contribution < -0.4 is 16.0 Å².